The van der Waals surface area contributed by atoms with E-state index in [1.807, 2.05) is 0 Å². The molecular weight excluding hydrogens is 194 g/mol. The van der Waals surface area contributed by atoms with Crippen LogP contribution in [0.3, 0.4) is 0 Å². The number of nitrogens with one attached hydrogen (secondary N) is 1. The second kappa shape index (κ2) is 5.01. The van der Waals surface area contributed by atoms with Gasteiger partial charge in [-0.2, -0.15) is 0 Å². The summed E-state index contributed by atoms with van der Waals surface area (Å²) in [5, 5.41) is 3.76. The van der Waals surface area contributed by atoms with Crippen LogP contribution in [0.2, 0.25) is 0 Å². The van der Waals surface area contributed by atoms with E-state index in [1.165, 1.54) is 30.4 Å². The normalized spacial score (nSPS) is 19.4. The van der Waals surface area contributed by atoms with E-state index in [-0.39, 0.29) is 0 Å². The van der Waals surface area contributed by atoms with Crippen molar-refractivity contribution in [2.45, 2.75) is 52.1 Å². The molecule has 0 heterocycles. The van der Waals surface area contributed by atoms with E-state index in [0.29, 0.717) is 12.1 Å². The molecule has 88 valence electrons. The van der Waals surface area contributed by atoms with Crippen LogP contribution in [0.4, 0.5) is 0 Å². The molecule has 0 saturated heterocycles. The van der Waals surface area contributed by atoms with Gasteiger partial charge in [0.05, 0.1) is 0 Å². The highest BCUT2D eigenvalue weighted by molar-refractivity contribution is 5.24. The molecule has 1 aliphatic rings. The van der Waals surface area contributed by atoms with Gasteiger partial charge < -0.3 is 5.32 Å². The summed E-state index contributed by atoms with van der Waals surface area (Å²) in [5.74, 6) is 0.930. The van der Waals surface area contributed by atoms with Gasteiger partial charge in [0.15, 0.2) is 0 Å². The van der Waals surface area contributed by atoms with Crippen molar-refractivity contribution in [1.82, 2.24) is 5.32 Å². The minimum Gasteiger partial charge on any atom is -0.307 e. The molecule has 0 amide bonds. The third-order valence-electron chi connectivity index (χ3n) is 3.68. The minimum absolute atomic E-state index is 0.524. The van der Waals surface area contributed by atoms with Crippen LogP contribution in [0.5, 0.6) is 0 Å². The van der Waals surface area contributed by atoms with Gasteiger partial charge >= 0.3 is 0 Å². The monoisotopic (exact) mass is 217 g/mol. The zero-order valence-corrected chi connectivity index (χ0v) is 10.7. The fourth-order valence-corrected chi connectivity index (χ4v) is 2.30. The Morgan fingerprint density at radius 1 is 1.25 bits per heavy atom. The summed E-state index contributed by atoms with van der Waals surface area (Å²) in [6.07, 6.45) is 4.00. The fraction of sp³-hybridized carbons (Fsp3) is 0.600. The van der Waals surface area contributed by atoms with Crippen molar-refractivity contribution in [2.24, 2.45) is 5.92 Å². The SMILES string of the molecule is CCC(NC(C)C1CC1)c1ccc(C)cc1. The predicted molar refractivity (Wildman–Crippen MR) is 69.5 cm³/mol. The van der Waals surface area contributed by atoms with Gasteiger partial charge in [0.1, 0.15) is 0 Å². The van der Waals surface area contributed by atoms with Crippen LogP contribution in [0.25, 0.3) is 0 Å². The Labute approximate surface area is 99.3 Å². The number of benzene rings is 1. The number of rotatable bonds is 5. The molecule has 0 aromatic heterocycles. The Bertz CT molecular complexity index is 324. The van der Waals surface area contributed by atoms with Crippen LogP contribution in [0.15, 0.2) is 24.3 Å². The molecule has 1 nitrogen and oxygen atoms in total. The molecule has 2 atom stereocenters. The van der Waals surface area contributed by atoms with Crippen molar-refractivity contribution in [2.75, 3.05) is 0 Å². The first-order valence-electron chi connectivity index (χ1n) is 6.53. The molecule has 1 N–H and O–H groups in total. The quantitative estimate of drug-likeness (QED) is 0.790. The molecule has 1 saturated carbocycles. The topological polar surface area (TPSA) is 12.0 Å². The third kappa shape index (κ3) is 2.85. The molecule has 0 radical (unpaired) electrons. The maximum absolute atomic E-state index is 3.76. The van der Waals surface area contributed by atoms with Crippen LogP contribution >= 0.6 is 0 Å². The molecule has 2 rings (SSSR count). The maximum Gasteiger partial charge on any atom is 0.0320 e. The number of hydrogen-bond acceptors (Lipinski definition) is 1. The van der Waals surface area contributed by atoms with Crippen molar-refractivity contribution in [3.63, 3.8) is 0 Å². The Balaban J connectivity index is 2.00. The second-order valence-corrected chi connectivity index (χ2v) is 5.16. The minimum atomic E-state index is 0.524. The van der Waals surface area contributed by atoms with E-state index in [1.54, 1.807) is 0 Å². The van der Waals surface area contributed by atoms with Crippen molar-refractivity contribution in [1.29, 1.82) is 0 Å². The summed E-state index contributed by atoms with van der Waals surface area (Å²) in [6.45, 7) is 6.73. The van der Waals surface area contributed by atoms with Gasteiger partial charge in [-0.05, 0) is 44.6 Å². The van der Waals surface area contributed by atoms with E-state index in [0.717, 1.165) is 5.92 Å². The summed E-state index contributed by atoms with van der Waals surface area (Å²) >= 11 is 0. The summed E-state index contributed by atoms with van der Waals surface area (Å²) < 4.78 is 0. The Kier molecular flexibility index (Phi) is 3.65. The zero-order chi connectivity index (χ0) is 11.5. The van der Waals surface area contributed by atoms with E-state index in [4.69, 9.17) is 0 Å². The largest absolute Gasteiger partial charge is 0.307 e. The van der Waals surface area contributed by atoms with Crippen LogP contribution in [0.1, 0.15) is 50.3 Å². The van der Waals surface area contributed by atoms with Crippen LogP contribution < -0.4 is 5.32 Å². The van der Waals surface area contributed by atoms with Gasteiger partial charge in [0.2, 0.25) is 0 Å². The smallest absolute Gasteiger partial charge is 0.0320 e. The summed E-state index contributed by atoms with van der Waals surface area (Å²) in [7, 11) is 0. The molecule has 1 heteroatoms. The Morgan fingerprint density at radius 3 is 2.38 bits per heavy atom. The summed E-state index contributed by atoms with van der Waals surface area (Å²) in [5.41, 5.74) is 2.77. The average Bonchev–Trinajstić information content (AvgIpc) is 3.11. The molecular formula is C15H23N. The highest BCUT2D eigenvalue weighted by atomic mass is 15.0. The second-order valence-electron chi connectivity index (χ2n) is 5.16. The highest BCUT2D eigenvalue weighted by Crippen LogP contribution is 2.33. The molecule has 1 aromatic rings. The molecule has 2 unspecified atom stereocenters. The predicted octanol–water partition coefficient (Wildman–Crippen LogP) is 3.83. The van der Waals surface area contributed by atoms with Gasteiger partial charge in [-0.1, -0.05) is 36.8 Å². The van der Waals surface area contributed by atoms with Crippen LogP contribution in [0, 0.1) is 12.8 Å². The van der Waals surface area contributed by atoms with Crippen molar-refractivity contribution in [3.8, 4) is 0 Å². The Hall–Kier alpha value is -0.820. The third-order valence-corrected chi connectivity index (χ3v) is 3.68. The molecule has 1 aromatic carbocycles. The average molecular weight is 217 g/mol. The lowest BCUT2D eigenvalue weighted by Gasteiger charge is -2.22. The van der Waals surface area contributed by atoms with Crippen LogP contribution in [-0.4, -0.2) is 6.04 Å². The zero-order valence-electron chi connectivity index (χ0n) is 10.7. The van der Waals surface area contributed by atoms with E-state index in [2.05, 4.69) is 50.4 Å². The van der Waals surface area contributed by atoms with E-state index >= 15 is 0 Å². The van der Waals surface area contributed by atoms with Crippen molar-refractivity contribution >= 4 is 0 Å². The first-order chi connectivity index (χ1) is 7.70. The highest BCUT2D eigenvalue weighted by Gasteiger charge is 2.29. The van der Waals surface area contributed by atoms with Crippen LogP contribution in [-0.2, 0) is 0 Å². The lowest BCUT2D eigenvalue weighted by atomic mass is 10.0. The van der Waals surface area contributed by atoms with Gasteiger partial charge in [-0.25, -0.2) is 0 Å². The first-order valence-corrected chi connectivity index (χ1v) is 6.53. The molecule has 1 fully saturated rings. The van der Waals surface area contributed by atoms with E-state index in [9.17, 15) is 0 Å². The summed E-state index contributed by atoms with van der Waals surface area (Å²) in [4.78, 5) is 0. The summed E-state index contributed by atoms with van der Waals surface area (Å²) in [6, 6.07) is 10.1. The molecule has 0 bridgehead atoms. The molecule has 1 aliphatic carbocycles. The van der Waals surface area contributed by atoms with Gasteiger partial charge in [-0.3, -0.25) is 0 Å². The number of hydrogen-bond donors (Lipinski definition) is 1. The fourth-order valence-electron chi connectivity index (χ4n) is 2.30. The molecule has 0 aliphatic heterocycles. The first kappa shape index (κ1) is 11.7. The standard InChI is InChI=1S/C15H23N/c1-4-15(16-12(3)13-9-10-13)14-7-5-11(2)6-8-14/h5-8,12-13,15-16H,4,9-10H2,1-3H3. The lowest BCUT2D eigenvalue weighted by molar-refractivity contribution is 0.414. The Morgan fingerprint density at radius 2 is 1.88 bits per heavy atom. The van der Waals surface area contributed by atoms with Gasteiger partial charge in [-0.15, -0.1) is 0 Å². The lowest BCUT2D eigenvalue weighted by Crippen LogP contribution is -2.31. The molecule has 16 heavy (non-hydrogen) atoms. The van der Waals surface area contributed by atoms with Crippen molar-refractivity contribution < 1.29 is 0 Å². The van der Waals surface area contributed by atoms with Gasteiger partial charge in [0.25, 0.3) is 0 Å². The van der Waals surface area contributed by atoms with E-state index < -0.39 is 0 Å². The van der Waals surface area contributed by atoms with Crippen molar-refractivity contribution in [3.05, 3.63) is 35.4 Å². The van der Waals surface area contributed by atoms with Gasteiger partial charge in [0, 0.05) is 12.1 Å². The molecule has 0 spiro atoms. The maximum atomic E-state index is 3.76. The number of aryl methyl sites for hydroxylation is 1.